The Bertz CT molecular complexity index is 637. The smallest absolute Gasteiger partial charge is 0.137 e. The lowest BCUT2D eigenvalue weighted by molar-refractivity contribution is 0.117. The van der Waals surface area contributed by atoms with Gasteiger partial charge in [0, 0.05) is 25.2 Å². The standard InChI is InChI=1S/C26H39NO2/c1-3-5-7-8-9-10-12-23-13-15-24(16-14-23)26-18-17-25(22-27-26)29-21-11-20-28-19-6-4-2/h13-18,22H,3-12,19-21H2,1-2H3. The summed E-state index contributed by atoms with van der Waals surface area (Å²) in [7, 11) is 0. The fraction of sp³-hybridized carbons (Fsp3) is 0.577. The fourth-order valence-corrected chi connectivity index (χ4v) is 3.29. The van der Waals surface area contributed by atoms with Crippen molar-refractivity contribution in [3.63, 3.8) is 0 Å². The second kappa shape index (κ2) is 15.0. The molecule has 1 aromatic heterocycles. The third-order valence-electron chi connectivity index (χ3n) is 5.15. The first-order valence-electron chi connectivity index (χ1n) is 11.6. The number of aryl methyl sites for hydroxylation is 1. The SMILES string of the molecule is CCCCCCCCc1ccc(-c2ccc(OCCCOCCCC)cn2)cc1. The summed E-state index contributed by atoms with van der Waals surface area (Å²) < 4.78 is 11.3. The average Bonchev–Trinajstić information content (AvgIpc) is 2.76. The maximum atomic E-state index is 5.76. The second-order valence-electron chi connectivity index (χ2n) is 7.76. The number of unbranched alkanes of at least 4 members (excludes halogenated alkanes) is 6. The topological polar surface area (TPSA) is 31.4 Å². The molecule has 0 bridgehead atoms. The molecule has 160 valence electrons. The molecule has 2 rings (SSSR count). The van der Waals surface area contributed by atoms with E-state index in [2.05, 4.69) is 43.1 Å². The predicted molar refractivity (Wildman–Crippen MR) is 123 cm³/mol. The molecular weight excluding hydrogens is 358 g/mol. The van der Waals surface area contributed by atoms with Crippen LogP contribution in [0.25, 0.3) is 11.3 Å². The van der Waals surface area contributed by atoms with Crippen molar-refractivity contribution in [3.8, 4) is 17.0 Å². The Morgan fingerprint density at radius 1 is 0.690 bits per heavy atom. The van der Waals surface area contributed by atoms with E-state index < -0.39 is 0 Å². The number of hydrogen-bond acceptors (Lipinski definition) is 3. The van der Waals surface area contributed by atoms with Crippen LogP contribution in [0.4, 0.5) is 0 Å². The summed E-state index contributed by atoms with van der Waals surface area (Å²) in [4.78, 5) is 4.57. The molecule has 0 radical (unpaired) electrons. The Balaban J connectivity index is 1.68. The molecule has 0 unspecified atom stereocenters. The zero-order chi connectivity index (χ0) is 20.6. The Labute approximate surface area is 177 Å². The Kier molecular flexibility index (Phi) is 12.1. The van der Waals surface area contributed by atoms with E-state index in [1.807, 2.05) is 18.3 Å². The maximum Gasteiger partial charge on any atom is 0.137 e. The second-order valence-corrected chi connectivity index (χ2v) is 7.76. The van der Waals surface area contributed by atoms with Gasteiger partial charge in [0.2, 0.25) is 0 Å². The molecule has 0 aliphatic carbocycles. The highest BCUT2D eigenvalue weighted by Crippen LogP contribution is 2.21. The summed E-state index contributed by atoms with van der Waals surface area (Å²) in [5.74, 6) is 0.821. The number of ether oxygens (including phenoxy) is 2. The molecule has 0 N–H and O–H groups in total. The highest BCUT2D eigenvalue weighted by atomic mass is 16.5. The van der Waals surface area contributed by atoms with Gasteiger partial charge in [-0.15, -0.1) is 0 Å². The first kappa shape index (κ1) is 23.4. The molecule has 29 heavy (non-hydrogen) atoms. The van der Waals surface area contributed by atoms with Crippen molar-refractivity contribution >= 4 is 0 Å². The molecule has 0 aliphatic rings. The van der Waals surface area contributed by atoms with Crippen LogP contribution in [0.15, 0.2) is 42.6 Å². The van der Waals surface area contributed by atoms with Gasteiger partial charge < -0.3 is 9.47 Å². The third-order valence-corrected chi connectivity index (χ3v) is 5.15. The van der Waals surface area contributed by atoms with Crippen LogP contribution in [0.5, 0.6) is 5.75 Å². The quantitative estimate of drug-likeness (QED) is 0.280. The minimum absolute atomic E-state index is 0.667. The molecule has 0 fully saturated rings. The highest BCUT2D eigenvalue weighted by molar-refractivity contribution is 5.59. The number of benzene rings is 1. The molecule has 0 amide bonds. The van der Waals surface area contributed by atoms with Gasteiger partial charge in [0.25, 0.3) is 0 Å². The lowest BCUT2D eigenvalue weighted by Gasteiger charge is -2.08. The van der Waals surface area contributed by atoms with E-state index in [1.54, 1.807) is 0 Å². The molecule has 0 saturated heterocycles. The fourth-order valence-electron chi connectivity index (χ4n) is 3.29. The summed E-state index contributed by atoms with van der Waals surface area (Å²) in [6.07, 6.45) is 14.3. The van der Waals surface area contributed by atoms with Crippen LogP contribution in [-0.2, 0) is 11.2 Å². The summed E-state index contributed by atoms with van der Waals surface area (Å²) in [5.41, 5.74) is 3.57. The van der Waals surface area contributed by atoms with Gasteiger partial charge in [-0.3, -0.25) is 4.98 Å². The largest absolute Gasteiger partial charge is 0.492 e. The van der Waals surface area contributed by atoms with E-state index in [1.165, 1.54) is 56.9 Å². The van der Waals surface area contributed by atoms with Gasteiger partial charge in [-0.25, -0.2) is 0 Å². The van der Waals surface area contributed by atoms with Crippen LogP contribution in [0.3, 0.4) is 0 Å². The number of aromatic nitrogens is 1. The predicted octanol–water partition coefficient (Wildman–Crippen LogP) is 7.24. The molecule has 0 aliphatic heterocycles. The minimum atomic E-state index is 0.667. The molecule has 2 aromatic rings. The van der Waals surface area contributed by atoms with Gasteiger partial charge in [-0.1, -0.05) is 76.6 Å². The normalized spacial score (nSPS) is 11.0. The zero-order valence-electron chi connectivity index (χ0n) is 18.5. The maximum absolute atomic E-state index is 5.76. The van der Waals surface area contributed by atoms with E-state index in [0.29, 0.717) is 6.61 Å². The van der Waals surface area contributed by atoms with Crippen molar-refractivity contribution < 1.29 is 9.47 Å². The monoisotopic (exact) mass is 397 g/mol. The minimum Gasteiger partial charge on any atom is -0.492 e. The van der Waals surface area contributed by atoms with Crippen LogP contribution in [0.2, 0.25) is 0 Å². The third kappa shape index (κ3) is 9.94. The molecule has 0 atom stereocenters. The van der Waals surface area contributed by atoms with E-state index in [0.717, 1.165) is 43.1 Å². The molecule has 0 spiro atoms. The van der Waals surface area contributed by atoms with Crippen LogP contribution >= 0.6 is 0 Å². The lowest BCUT2D eigenvalue weighted by Crippen LogP contribution is -2.04. The number of hydrogen-bond donors (Lipinski definition) is 0. The first-order valence-corrected chi connectivity index (χ1v) is 11.6. The van der Waals surface area contributed by atoms with Crippen LogP contribution < -0.4 is 4.74 Å². The molecular formula is C26H39NO2. The summed E-state index contributed by atoms with van der Waals surface area (Å²) >= 11 is 0. The number of rotatable bonds is 16. The highest BCUT2D eigenvalue weighted by Gasteiger charge is 2.02. The average molecular weight is 398 g/mol. The van der Waals surface area contributed by atoms with Crippen LogP contribution in [0, 0.1) is 0 Å². The van der Waals surface area contributed by atoms with E-state index in [4.69, 9.17) is 9.47 Å². The van der Waals surface area contributed by atoms with Crippen molar-refractivity contribution in [1.82, 2.24) is 4.98 Å². The Morgan fingerprint density at radius 3 is 2.14 bits per heavy atom. The van der Waals surface area contributed by atoms with E-state index >= 15 is 0 Å². The van der Waals surface area contributed by atoms with Crippen molar-refractivity contribution in [1.29, 1.82) is 0 Å². The van der Waals surface area contributed by atoms with Gasteiger partial charge >= 0.3 is 0 Å². The molecule has 1 aromatic carbocycles. The summed E-state index contributed by atoms with van der Waals surface area (Å²) in [6, 6.07) is 12.9. The first-order chi connectivity index (χ1) is 14.3. The van der Waals surface area contributed by atoms with Crippen molar-refractivity contribution in [2.45, 2.75) is 78.1 Å². The van der Waals surface area contributed by atoms with Crippen molar-refractivity contribution in [3.05, 3.63) is 48.2 Å². The van der Waals surface area contributed by atoms with E-state index in [-0.39, 0.29) is 0 Å². The van der Waals surface area contributed by atoms with Crippen molar-refractivity contribution in [2.24, 2.45) is 0 Å². The number of pyridine rings is 1. The van der Waals surface area contributed by atoms with Crippen LogP contribution in [0.1, 0.15) is 77.2 Å². The number of nitrogens with zero attached hydrogens (tertiary/aromatic N) is 1. The molecule has 3 heteroatoms. The lowest BCUT2D eigenvalue weighted by atomic mass is 10.0. The van der Waals surface area contributed by atoms with Gasteiger partial charge in [0.15, 0.2) is 0 Å². The van der Waals surface area contributed by atoms with Gasteiger partial charge in [0.05, 0.1) is 18.5 Å². The Morgan fingerprint density at radius 2 is 1.41 bits per heavy atom. The van der Waals surface area contributed by atoms with Crippen molar-refractivity contribution in [2.75, 3.05) is 19.8 Å². The van der Waals surface area contributed by atoms with E-state index in [9.17, 15) is 0 Å². The zero-order valence-corrected chi connectivity index (χ0v) is 18.5. The van der Waals surface area contributed by atoms with Gasteiger partial charge in [-0.05, 0) is 37.0 Å². The summed E-state index contributed by atoms with van der Waals surface area (Å²) in [6.45, 7) is 6.72. The Hall–Kier alpha value is -1.87. The molecule has 3 nitrogen and oxygen atoms in total. The van der Waals surface area contributed by atoms with Crippen LogP contribution in [-0.4, -0.2) is 24.8 Å². The summed E-state index contributed by atoms with van der Waals surface area (Å²) in [5, 5.41) is 0. The van der Waals surface area contributed by atoms with Gasteiger partial charge in [-0.2, -0.15) is 0 Å². The van der Waals surface area contributed by atoms with Gasteiger partial charge in [0.1, 0.15) is 5.75 Å². The molecule has 0 saturated carbocycles. The molecule has 1 heterocycles.